The summed E-state index contributed by atoms with van der Waals surface area (Å²) in [5.41, 5.74) is 2.27. The molecule has 0 bridgehead atoms. The molecule has 2 aromatic rings. The van der Waals surface area contributed by atoms with Crippen molar-refractivity contribution in [2.45, 2.75) is 37.1 Å². The van der Waals surface area contributed by atoms with Crippen LogP contribution in [0, 0.1) is 5.82 Å². The maximum absolute atomic E-state index is 14.0. The van der Waals surface area contributed by atoms with E-state index < -0.39 is 5.41 Å². The molecule has 0 radical (unpaired) electrons. The van der Waals surface area contributed by atoms with Crippen molar-refractivity contribution in [1.29, 1.82) is 0 Å². The van der Waals surface area contributed by atoms with Gasteiger partial charge in [0.25, 0.3) is 0 Å². The fourth-order valence-corrected chi connectivity index (χ4v) is 4.31. The van der Waals surface area contributed by atoms with Crippen LogP contribution in [0.3, 0.4) is 0 Å². The van der Waals surface area contributed by atoms with Crippen LogP contribution in [0.25, 0.3) is 0 Å². The van der Waals surface area contributed by atoms with Crippen LogP contribution in [0.5, 0.6) is 0 Å². The first-order valence-electron chi connectivity index (χ1n) is 9.05. The Hall–Kier alpha value is -2.20. The third-order valence-corrected chi connectivity index (χ3v) is 5.74. The lowest BCUT2D eigenvalue weighted by Gasteiger charge is -2.37. The predicted molar refractivity (Wildman–Crippen MR) is 95.8 cm³/mol. The van der Waals surface area contributed by atoms with Crippen molar-refractivity contribution in [3.05, 3.63) is 71.0 Å². The van der Waals surface area contributed by atoms with E-state index in [9.17, 15) is 9.18 Å². The van der Waals surface area contributed by atoms with Crippen LogP contribution in [0.15, 0.2) is 48.5 Å². The van der Waals surface area contributed by atoms with Gasteiger partial charge < -0.3 is 10.6 Å². The number of amides is 1. The van der Waals surface area contributed by atoms with Crippen molar-refractivity contribution in [2.24, 2.45) is 0 Å². The van der Waals surface area contributed by atoms with Gasteiger partial charge in [-0.2, -0.15) is 0 Å². The van der Waals surface area contributed by atoms with Crippen molar-refractivity contribution >= 4 is 5.91 Å². The minimum atomic E-state index is -0.497. The summed E-state index contributed by atoms with van der Waals surface area (Å²) >= 11 is 0. The highest BCUT2D eigenvalue weighted by atomic mass is 19.1. The average Bonchev–Trinajstić information content (AvgIpc) is 3.07. The Morgan fingerprint density at radius 1 is 1.08 bits per heavy atom. The Bertz CT molecular complexity index is 769. The maximum atomic E-state index is 14.0. The summed E-state index contributed by atoms with van der Waals surface area (Å²) in [5, 5.41) is 6.59. The summed E-state index contributed by atoms with van der Waals surface area (Å²) in [7, 11) is 0. The van der Waals surface area contributed by atoms with Crippen LogP contribution in [-0.2, 0) is 16.6 Å². The van der Waals surface area contributed by atoms with E-state index in [1.54, 1.807) is 6.07 Å². The van der Waals surface area contributed by atoms with Crippen molar-refractivity contribution in [1.82, 2.24) is 10.6 Å². The van der Waals surface area contributed by atoms with Gasteiger partial charge in [0.1, 0.15) is 5.82 Å². The molecule has 1 atom stereocenters. The van der Waals surface area contributed by atoms with Crippen LogP contribution in [0.2, 0.25) is 0 Å². The molecule has 2 aromatic carbocycles. The third-order valence-electron chi connectivity index (χ3n) is 5.74. The zero-order valence-corrected chi connectivity index (χ0v) is 14.2. The van der Waals surface area contributed by atoms with E-state index in [1.165, 1.54) is 6.07 Å². The highest BCUT2D eigenvalue weighted by molar-refractivity contribution is 5.89. The molecule has 1 saturated heterocycles. The molecule has 2 N–H and O–H groups in total. The summed E-state index contributed by atoms with van der Waals surface area (Å²) in [5.74, 6) is -0.0869. The van der Waals surface area contributed by atoms with Gasteiger partial charge in [-0.3, -0.25) is 4.79 Å². The zero-order chi connectivity index (χ0) is 17.3. The number of hydrogen-bond acceptors (Lipinski definition) is 2. The van der Waals surface area contributed by atoms with Crippen molar-refractivity contribution < 1.29 is 9.18 Å². The molecule has 4 heteroatoms. The normalized spacial score (nSPS) is 21.6. The van der Waals surface area contributed by atoms with E-state index in [2.05, 4.69) is 10.6 Å². The van der Waals surface area contributed by atoms with E-state index in [-0.39, 0.29) is 17.8 Å². The summed E-state index contributed by atoms with van der Waals surface area (Å²) in [4.78, 5) is 13.3. The Kier molecular flexibility index (Phi) is 4.30. The molecular weight excluding hydrogens is 315 g/mol. The number of carbonyl (C=O) groups is 1. The first-order chi connectivity index (χ1) is 12.2. The lowest BCUT2D eigenvalue weighted by Crippen LogP contribution is -2.51. The van der Waals surface area contributed by atoms with Crippen molar-refractivity contribution in [3.8, 4) is 0 Å². The largest absolute Gasteiger partial charge is 0.349 e. The van der Waals surface area contributed by atoms with Gasteiger partial charge in [-0.1, -0.05) is 42.5 Å². The minimum Gasteiger partial charge on any atom is -0.349 e. The number of rotatable bonds is 3. The fraction of sp³-hybridized carbons (Fsp3) is 0.381. The number of benzene rings is 2. The van der Waals surface area contributed by atoms with Gasteiger partial charge >= 0.3 is 0 Å². The number of hydrogen-bond donors (Lipinski definition) is 2. The average molecular weight is 338 g/mol. The molecule has 1 amide bonds. The van der Waals surface area contributed by atoms with Gasteiger partial charge in [-0.05, 0) is 61.5 Å². The molecule has 0 spiro atoms. The van der Waals surface area contributed by atoms with Crippen LogP contribution in [0.1, 0.15) is 42.0 Å². The van der Waals surface area contributed by atoms with Crippen molar-refractivity contribution in [2.75, 3.05) is 13.1 Å². The van der Waals surface area contributed by atoms with E-state index >= 15 is 0 Å². The minimum absolute atomic E-state index is 0.0716. The fourth-order valence-electron chi connectivity index (χ4n) is 4.31. The topological polar surface area (TPSA) is 41.1 Å². The molecule has 4 rings (SSSR count). The molecular formula is C21H23FN2O. The molecule has 1 aliphatic carbocycles. The summed E-state index contributed by atoms with van der Waals surface area (Å²) < 4.78 is 14.0. The van der Waals surface area contributed by atoms with E-state index in [1.807, 2.05) is 36.4 Å². The van der Waals surface area contributed by atoms with Gasteiger partial charge in [0.15, 0.2) is 0 Å². The van der Waals surface area contributed by atoms with Crippen LogP contribution in [0.4, 0.5) is 4.39 Å². The zero-order valence-electron chi connectivity index (χ0n) is 14.2. The lowest BCUT2D eigenvalue weighted by atomic mass is 9.72. The summed E-state index contributed by atoms with van der Waals surface area (Å²) in [6.45, 7) is 1.66. The van der Waals surface area contributed by atoms with Crippen molar-refractivity contribution in [3.63, 3.8) is 0 Å². The number of nitrogens with one attached hydrogen (secondary N) is 2. The molecule has 0 unspecified atom stereocenters. The first kappa shape index (κ1) is 16.3. The monoisotopic (exact) mass is 338 g/mol. The molecule has 130 valence electrons. The molecule has 1 fully saturated rings. The first-order valence-corrected chi connectivity index (χ1v) is 9.05. The Balaban J connectivity index is 1.62. The van der Waals surface area contributed by atoms with Gasteiger partial charge in [0.2, 0.25) is 5.91 Å². The highest BCUT2D eigenvalue weighted by Crippen LogP contribution is 2.37. The second-order valence-corrected chi connectivity index (χ2v) is 7.07. The number of halogens is 1. The Morgan fingerprint density at radius 2 is 1.84 bits per heavy atom. The number of carbonyl (C=O) groups excluding carboxylic acids is 1. The molecule has 2 aliphatic rings. The summed E-state index contributed by atoms with van der Waals surface area (Å²) in [6.07, 6.45) is 3.02. The maximum Gasteiger partial charge on any atom is 0.231 e. The Labute approximate surface area is 147 Å². The molecule has 0 aromatic heterocycles. The second kappa shape index (κ2) is 6.60. The molecule has 1 aliphatic heterocycles. The molecule has 25 heavy (non-hydrogen) atoms. The van der Waals surface area contributed by atoms with E-state index in [4.69, 9.17) is 0 Å². The predicted octanol–water partition coefficient (Wildman–Crippen LogP) is 3.25. The van der Waals surface area contributed by atoms with Gasteiger partial charge in [-0.15, -0.1) is 0 Å². The quantitative estimate of drug-likeness (QED) is 0.902. The second-order valence-electron chi connectivity index (χ2n) is 7.07. The molecule has 1 heterocycles. The van der Waals surface area contributed by atoms with Crippen LogP contribution in [-0.4, -0.2) is 19.0 Å². The standard InChI is InChI=1S/C21H23FN2O/c22-18-8-4-7-17-16(18)9-10-19(17)24-20(25)21(11-13-23-14-12-21)15-5-2-1-3-6-15/h1-8,19,23H,9-14H2,(H,24,25)/t19-/m0/s1. The van der Waals surface area contributed by atoms with E-state index in [0.717, 1.165) is 49.0 Å². The van der Waals surface area contributed by atoms with E-state index in [0.29, 0.717) is 6.42 Å². The van der Waals surface area contributed by atoms with Crippen LogP contribution >= 0.6 is 0 Å². The SMILES string of the molecule is O=C(N[C@H]1CCc2c(F)cccc21)C1(c2ccccc2)CCNCC1. The molecule has 0 saturated carbocycles. The smallest absolute Gasteiger partial charge is 0.231 e. The summed E-state index contributed by atoms with van der Waals surface area (Å²) in [6, 6.07) is 15.1. The van der Waals surface area contributed by atoms with Gasteiger partial charge in [0.05, 0.1) is 11.5 Å². The third kappa shape index (κ3) is 2.85. The number of fused-ring (bicyclic) bond motifs is 1. The van der Waals surface area contributed by atoms with Gasteiger partial charge in [-0.25, -0.2) is 4.39 Å². The highest BCUT2D eigenvalue weighted by Gasteiger charge is 2.42. The van der Waals surface area contributed by atoms with Gasteiger partial charge in [0, 0.05) is 0 Å². The molecule has 3 nitrogen and oxygen atoms in total. The number of piperidine rings is 1. The lowest BCUT2D eigenvalue weighted by molar-refractivity contribution is -0.128. The van der Waals surface area contributed by atoms with Crippen LogP contribution < -0.4 is 10.6 Å². The Morgan fingerprint density at radius 3 is 2.60 bits per heavy atom.